The van der Waals surface area contributed by atoms with Gasteiger partial charge in [0.05, 0.1) is 6.34 Å². The Kier molecular flexibility index (Phi) is 6.69. The lowest BCUT2D eigenvalue weighted by atomic mass is 10.2. The first-order chi connectivity index (χ1) is 6.54. The first kappa shape index (κ1) is 12.9. The number of rotatable bonds is 7. The van der Waals surface area contributed by atoms with Gasteiger partial charge in [-0.1, -0.05) is 0 Å². The van der Waals surface area contributed by atoms with Gasteiger partial charge in [-0.25, -0.2) is 5.01 Å². The zero-order chi connectivity index (χ0) is 11.0. The van der Waals surface area contributed by atoms with Gasteiger partial charge in [0.2, 0.25) is 0 Å². The molecule has 4 N–H and O–H groups in total. The van der Waals surface area contributed by atoms with Crippen molar-refractivity contribution in [1.82, 2.24) is 10.4 Å². The summed E-state index contributed by atoms with van der Waals surface area (Å²) in [7, 11) is 3.71. The van der Waals surface area contributed by atoms with Crippen molar-refractivity contribution in [3.8, 4) is 0 Å². The molecule has 0 amide bonds. The van der Waals surface area contributed by atoms with E-state index in [9.17, 15) is 4.79 Å². The normalized spacial score (nSPS) is 13.4. The van der Waals surface area contributed by atoms with Crippen molar-refractivity contribution < 1.29 is 9.90 Å². The monoisotopic (exact) mass is 202 g/mol. The number of carboxylic acids is 1. The molecular formula is C8H18N4O2. The molecule has 0 aromatic rings. The van der Waals surface area contributed by atoms with Crippen LogP contribution in [-0.2, 0) is 4.79 Å². The van der Waals surface area contributed by atoms with Crippen LogP contribution in [0.4, 0.5) is 0 Å². The number of aliphatic carboxylic acids is 1. The molecule has 1 atom stereocenters. The largest absolute Gasteiger partial charge is 0.480 e. The number of hydrogen-bond acceptors (Lipinski definition) is 4. The quantitative estimate of drug-likeness (QED) is 0.219. The van der Waals surface area contributed by atoms with E-state index >= 15 is 0 Å². The van der Waals surface area contributed by atoms with Crippen LogP contribution >= 0.6 is 0 Å². The third kappa shape index (κ3) is 7.51. The summed E-state index contributed by atoms with van der Waals surface area (Å²) in [6.45, 7) is 0.585. The first-order valence-corrected chi connectivity index (χ1v) is 4.44. The molecule has 0 heterocycles. The second-order valence-corrected chi connectivity index (χ2v) is 3.15. The minimum absolute atomic E-state index is 0.453. The van der Waals surface area contributed by atoms with Crippen molar-refractivity contribution in [2.75, 3.05) is 20.6 Å². The second kappa shape index (κ2) is 7.28. The van der Waals surface area contributed by atoms with Crippen LogP contribution in [0.15, 0.2) is 4.99 Å². The van der Waals surface area contributed by atoms with Crippen molar-refractivity contribution in [3.63, 3.8) is 0 Å². The van der Waals surface area contributed by atoms with Crippen LogP contribution in [0.2, 0.25) is 0 Å². The van der Waals surface area contributed by atoms with Gasteiger partial charge in [0.15, 0.2) is 0 Å². The summed E-state index contributed by atoms with van der Waals surface area (Å²) in [5.41, 5.74) is 8.15. The van der Waals surface area contributed by atoms with E-state index in [-0.39, 0.29) is 0 Å². The van der Waals surface area contributed by atoms with Gasteiger partial charge >= 0.3 is 5.97 Å². The fourth-order valence-corrected chi connectivity index (χ4v) is 0.747. The molecule has 0 aromatic carbocycles. The molecule has 0 aliphatic carbocycles. The molecule has 0 spiro atoms. The second-order valence-electron chi connectivity index (χ2n) is 3.15. The highest BCUT2D eigenvalue weighted by Gasteiger charge is 2.09. The topological polar surface area (TPSA) is 91.0 Å². The molecule has 0 bridgehead atoms. The number of hydrazine groups is 1. The van der Waals surface area contributed by atoms with Crippen LogP contribution in [0.3, 0.4) is 0 Å². The molecule has 0 rings (SSSR count). The van der Waals surface area contributed by atoms with Crippen molar-refractivity contribution in [3.05, 3.63) is 0 Å². The van der Waals surface area contributed by atoms with E-state index in [1.807, 2.05) is 14.1 Å². The Labute approximate surface area is 83.8 Å². The molecule has 0 saturated carbocycles. The zero-order valence-corrected chi connectivity index (χ0v) is 8.60. The van der Waals surface area contributed by atoms with E-state index in [0.717, 1.165) is 0 Å². The molecule has 0 fully saturated rings. The summed E-state index contributed by atoms with van der Waals surface area (Å²) in [4.78, 5) is 14.3. The van der Waals surface area contributed by atoms with Gasteiger partial charge in [-0.2, -0.15) is 0 Å². The lowest BCUT2D eigenvalue weighted by Gasteiger charge is -2.07. The number of nitrogens with one attached hydrogen (secondary N) is 1. The van der Waals surface area contributed by atoms with E-state index in [4.69, 9.17) is 10.8 Å². The van der Waals surface area contributed by atoms with E-state index in [1.165, 1.54) is 0 Å². The van der Waals surface area contributed by atoms with Gasteiger partial charge in [0, 0.05) is 20.6 Å². The molecular weight excluding hydrogens is 184 g/mol. The number of nitrogens with two attached hydrogens (primary N) is 1. The minimum atomic E-state index is -0.958. The van der Waals surface area contributed by atoms with Crippen LogP contribution in [0.5, 0.6) is 0 Å². The third-order valence-electron chi connectivity index (χ3n) is 1.53. The van der Waals surface area contributed by atoms with Crippen molar-refractivity contribution in [1.29, 1.82) is 0 Å². The first-order valence-electron chi connectivity index (χ1n) is 4.44. The summed E-state index contributed by atoms with van der Waals surface area (Å²) in [6, 6.07) is -0.771. The van der Waals surface area contributed by atoms with Crippen LogP contribution in [0.1, 0.15) is 12.8 Å². The maximum Gasteiger partial charge on any atom is 0.320 e. The standard InChI is InChI=1S/C8H18N4O2/c1-12(2)11-6-10-5-3-4-7(9)8(13)14/h6-7H,3-5,9H2,1-2H3,(H,10,11)(H,13,14). The van der Waals surface area contributed by atoms with Gasteiger partial charge in [-0.3, -0.25) is 9.79 Å². The van der Waals surface area contributed by atoms with Crippen molar-refractivity contribution in [2.24, 2.45) is 10.7 Å². The van der Waals surface area contributed by atoms with Gasteiger partial charge in [0.25, 0.3) is 0 Å². The summed E-state index contributed by atoms with van der Waals surface area (Å²) in [6.07, 6.45) is 2.71. The number of carboxylic acid groups (broad SMARTS) is 1. The average molecular weight is 202 g/mol. The molecule has 14 heavy (non-hydrogen) atoms. The summed E-state index contributed by atoms with van der Waals surface area (Å²) >= 11 is 0. The fourth-order valence-electron chi connectivity index (χ4n) is 0.747. The number of carbonyl (C=O) groups is 1. The fraction of sp³-hybridized carbons (Fsp3) is 0.750. The van der Waals surface area contributed by atoms with Crippen LogP contribution in [0, 0.1) is 0 Å². The average Bonchev–Trinajstić information content (AvgIpc) is 2.09. The molecule has 0 saturated heterocycles. The highest BCUT2D eigenvalue weighted by Crippen LogP contribution is 1.94. The number of nitrogens with zero attached hydrogens (tertiary/aromatic N) is 2. The summed E-state index contributed by atoms with van der Waals surface area (Å²) < 4.78 is 0. The molecule has 0 radical (unpaired) electrons. The lowest BCUT2D eigenvalue weighted by Crippen LogP contribution is -2.30. The Morgan fingerprint density at radius 3 is 2.86 bits per heavy atom. The Balaban J connectivity index is 3.37. The molecule has 0 aromatic heterocycles. The Morgan fingerprint density at radius 1 is 1.71 bits per heavy atom. The Bertz CT molecular complexity index is 194. The summed E-state index contributed by atoms with van der Waals surface area (Å²) in [5, 5.41) is 10.2. The maximum absolute atomic E-state index is 10.3. The van der Waals surface area contributed by atoms with Crippen molar-refractivity contribution >= 4 is 12.3 Å². The van der Waals surface area contributed by atoms with Gasteiger partial charge in [0.1, 0.15) is 6.04 Å². The third-order valence-corrected chi connectivity index (χ3v) is 1.53. The van der Waals surface area contributed by atoms with E-state index < -0.39 is 12.0 Å². The molecule has 6 heteroatoms. The molecule has 82 valence electrons. The number of hydrogen-bond donors (Lipinski definition) is 3. The molecule has 0 aliphatic heterocycles. The lowest BCUT2D eigenvalue weighted by molar-refractivity contribution is -0.138. The Hall–Kier alpha value is -1.14. The Morgan fingerprint density at radius 2 is 2.36 bits per heavy atom. The van der Waals surface area contributed by atoms with Gasteiger partial charge in [-0.05, 0) is 12.8 Å². The minimum Gasteiger partial charge on any atom is -0.480 e. The molecule has 6 nitrogen and oxygen atoms in total. The van der Waals surface area contributed by atoms with Crippen LogP contribution in [0.25, 0.3) is 0 Å². The van der Waals surface area contributed by atoms with Gasteiger partial charge < -0.3 is 16.3 Å². The van der Waals surface area contributed by atoms with Crippen LogP contribution < -0.4 is 11.2 Å². The smallest absolute Gasteiger partial charge is 0.320 e. The molecule has 1 unspecified atom stereocenters. The highest BCUT2D eigenvalue weighted by molar-refractivity contribution is 5.72. The van der Waals surface area contributed by atoms with E-state index in [2.05, 4.69) is 10.4 Å². The zero-order valence-electron chi connectivity index (χ0n) is 8.60. The maximum atomic E-state index is 10.3. The van der Waals surface area contributed by atoms with Crippen molar-refractivity contribution in [2.45, 2.75) is 18.9 Å². The predicted molar refractivity (Wildman–Crippen MR) is 55.0 cm³/mol. The molecule has 0 aliphatic rings. The summed E-state index contributed by atoms with van der Waals surface area (Å²) in [5.74, 6) is -0.958. The van der Waals surface area contributed by atoms with E-state index in [1.54, 1.807) is 11.3 Å². The number of aliphatic imine (C=N–C) groups is 1. The predicted octanol–water partition coefficient (Wildman–Crippen LogP) is -0.727. The highest BCUT2D eigenvalue weighted by atomic mass is 16.4. The SMILES string of the molecule is CN(C)NC=NCCCC(N)C(=O)O. The van der Waals surface area contributed by atoms with Crippen LogP contribution in [-0.4, -0.2) is 49.1 Å². The van der Waals surface area contributed by atoms with Gasteiger partial charge in [-0.15, -0.1) is 0 Å². The van der Waals surface area contributed by atoms with E-state index in [0.29, 0.717) is 19.4 Å².